The van der Waals surface area contributed by atoms with Crippen LogP contribution in [0.2, 0.25) is 0 Å². The Morgan fingerprint density at radius 3 is 2.75 bits per heavy atom. The number of carbonyl (C=O) groups excluding carboxylic acids is 1. The SMILES string of the molecule is CCCN(CC(C)(C)CN)C(=O)c1cccnc1OC. The molecule has 1 amide bonds. The van der Waals surface area contributed by atoms with E-state index in [0.717, 1.165) is 6.42 Å². The van der Waals surface area contributed by atoms with Crippen LogP contribution in [0.1, 0.15) is 37.6 Å². The third-order valence-corrected chi connectivity index (χ3v) is 3.15. The van der Waals surface area contributed by atoms with Gasteiger partial charge in [0.2, 0.25) is 5.88 Å². The van der Waals surface area contributed by atoms with Crippen molar-refractivity contribution in [2.75, 3.05) is 26.7 Å². The van der Waals surface area contributed by atoms with Crippen molar-refractivity contribution >= 4 is 5.91 Å². The van der Waals surface area contributed by atoms with Gasteiger partial charge in [-0.2, -0.15) is 0 Å². The summed E-state index contributed by atoms with van der Waals surface area (Å²) in [6, 6.07) is 3.49. The number of carbonyl (C=O) groups is 1. The molecule has 1 aromatic heterocycles. The van der Waals surface area contributed by atoms with E-state index in [4.69, 9.17) is 10.5 Å². The minimum absolute atomic E-state index is 0.0571. The van der Waals surface area contributed by atoms with Crippen molar-refractivity contribution in [2.45, 2.75) is 27.2 Å². The van der Waals surface area contributed by atoms with Crippen LogP contribution in [0.15, 0.2) is 18.3 Å². The first-order chi connectivity index (χ1) is 9.45. The monoisotopic (exact) mass is 279 g/mol. The predicted molar refractivity (Wildman–Crippen MR) is 79.8 cm³/mol. The van der Waals surface area contributed by atoms with Crippen molar-refractivity contribution in [1.29, 1.82) is 0 Å². The van der Waals surface area contributed by atoms with E-state index >= 15 is 0 Å². The first kappa shape index (κ1) is 16.4. The normalized spacial score (nSPS) is 11.2. The van der Waals surface area contributed by atoms with E-state index in [0.29, 0.717) is 31.1 Å². The summed E-state index contributed by atoms with van der Waals surface area (Å²) >= 11 is 0. The largest absolute Gasteiger partial charge is 0.480 e. The molecule has 0 aromatic carbocycles. The lowest BCUT2D eigenvalue weighted by atomic mass is 9.92. The van der Waals surface area contributed by atoms with Crippen LogP contribution in [0.4, 0.5) is 0 Å². The van der Waals surface area contributed by atoms with Gasteiger partial charge in [0.1, 0.15) is 5.56 Å². The summed E-state index contributed by atoms with van der Waals surface area (Å²) < 4.78 is 5.17. The summed E-state index contributed by atoms with van der Waals surface area (Å²) in [6.45, 7) is 8.02. The maximum atomic E-state index is 12.7. The first-order valence-corrected chi connectivity index (χ1v) is 6.93. The quantitative estimate of drug-likeness (QED) is 0.828. The Morgan fingerprint density at radius 1 is 1.50 bits per heavy atom. The van der Waals surface area contributed by atoms with E-state index in [1.54, 1.807) is 18.3 Å². The highest BCUT2D eigenvalue weighted by atomic mass is 16.5. The molecule has 0 aliphatic carbocycles. The second-order valence-electron chi connectivity index (χ2n) is 5.66. The van der Waals surface area contributed by atoms with Gasteiger partial charge in [-0.15, -0.1) is 0 Å². The molecule has 0 aliphatic heterocycles. The zero-order valence-corrected chi connectivity index (χ0v) is 12.8. The van der Waals surface area contributed by atoms with Gasteiger partial charge in [-0.1, -0.05) is 20.8 Å². The van der Waals surface area contributed by atoms with Gasteiger partial charge in [0.15, 0.2) is 0 Å². The van der Waals surface area contributed by atoms with Gasteiger partial charge < -0.3 is 15.4 Å². The van der Waals surface area contributed by atoms with Gasteiger partial charge in [-0.3, -0.25) is 4.79 Å². The Bertz CT molecular complexity index is 446. The predicted octanol–water partition coefficient (Wildman–Crippen LogP) is 1.93. The average Bonchev–Trinajstić information content (AvgIpc) is 2.46. The first-order valence-electron chi connectivity index (χ1n) is 6.93. The van der Waals surface area contributed by atoms with Crippen LogP contribution in [-0.4, -0.2) is 42.5 Å². The van der Waals surface area contributed by atoms with Crippen LogP contribution in [0.3, 0.4) is 0 Å². The third kappa shape index (κ3) is 4.20. The van der Waals surface area contributed by atoms with Gasteiger partial charge in [0.05, 0.1) is 7.11 Å². The molecule has 1 heterocycles. The second kappa shape index (κ2) is 7.24. The molecule has 5 nitrogen and oxygen atoms in total. The van der Waals surface area contributed by atoms with Crippen molar-refractivity contribution in [3.8, 4) is 5.88 Å². The summed E-state index contributed by atoms with van der Waals surface area (Å²) in [7, 11) is 1.52. The summed E-state index contributed by atoms with van der Waals surface area (Å²) in [6.07, 6.45) is 2.51. The minimum Gasteiger partial charge on any atom is -0.480 e. The molecule has 5 heteroatoms. The van der Waals surface area contributed by atoms with E-state index in [1.807, 2.05) is 4.90 Å². The molecule has 20 heavy (non-hydrogen) atoms. The number of pyridine rings is 1. The minimum atomic E-state index is -0.111. The van der Waals surface area contributed by atoms with Crippen LogP contribution in [0, 0.1) is 5.41 Å². The Morgan fingerprint density at radius 2 is 2.20 bits per heavy atom. The van der Waals surface area contributed by atoms with E-state index in [1.165, 1.54) is 7.11 Å². The van der Waals surface area contributed by atoms with Crippen LogP contribution >= 0.6 is 0 Å². The van der Waals surface area contributed by atoms with Gasteiger partial charge in [-0.05, 0) is 30.5 Å². The third-order valence-electron chi connectivity index (χ3n) is 3.15. The number of hydrogen-bond acceptors (Lipinski definition) is 4. The van der Waals surface area contributed by atoms with E-state index in [-0.39, 0.29) is 11.3 Å². The molecular weight excluding hydrogens is 254 g/mol. The maximum absolute atomic E-state index is 12.7. The molecule has 0 fully saturated rings. The number of amides is 1. The summed E-state index contributed by atoms with van der Waals surface area (Å²) in [5.41, 5.74) is 6.16. The number of rotatable bonds is 7. The molecule has 0 radical (unpaired) electrons. The highest BCUT2D eigenvalue weighted by Crippen LogP contribution is 2.20. The van der Waals surface area contributed by atoms with Gasteiger partial charge >= 0.3 is 0 Å². The lowest BCUT2D eigenvalue weighted by Crippen LogP contribution is -2.42. The number of nitrogens with zero attached hydrogens (tertiary/aromatic N) is 2. The fourth-order valence-corrected chi connectivity index (χ4v) is 1.99. The van der Waals surface area contributed by atoms with Crippen molar-refractivity contribution in [2.24, 2.45) is 11.1 Å². The molecule has 0 saturated carbocycles. The standard InChI is InChI=1S/C15H25N3O2/c1-5-9-18(11-15(2,3)10-16)14(19)12-7-6-8-17-13(12)20-4/h6-8H,5,9-11,16H2,1-4H3. The zero-order valence-electron chi connectivity index (χ0n) is 12.8. The van der Waals surface area contributed by atoms with Crippen molar-refractivity contribution < 1.29 is 9.53 Å². The van der Waals surface area contributed by atoms with Crippen molar-refractivity contribution in [3.05, 3.63) is 23.9 Å². The fourth-order valence-electron chi connectivity index (χ4n) is 1.99. The van der Waals surface area contributed by atoms with Crippen molar-refractivity contribution in [1.82, 2.24) is 9.88 Å². The highest BCUT2D eigenvalue weighted by Gasteiger charge is 2.26. The van der Waals surface area contributed by atoms with Gasteiger partial charge in [0, 0.05) is 19.3 Å². The zero-order chi connectivity index (χ0) is 15.2. The molecule has 2 N–H and O–H groups in total. The molecule has 0 aliphatic rings. The Kier molecular flexibility index (Phi) is 5.95. The number of hydrogen-bond donors (Lipinski definition) is 1. The smallest absolute Gasteiger partial charge is 0.259 e. The van der Waals surface area contributed by atoms with Crippen molar-refractivity contribution in [3.63, 3.8) is 0 Å². The maximum Gasteiger partial charge on any atom is 0.259 e. The second-order valence-corrected chi connectivity index (χ2v) is 5.66. The number of nitrogens with two attached hydrogens (primary N) is 1. The van der Waals surface area contributed by atoms with Crippen LogP contribution in [0.5, 0.6) is 5.88 Å². The molecule has 0 unspecified atom stereocenters. The van der Waals surface area contributed by atoms with E-state index in [2.05, 4.69) is 25.8 Å². The van der Waals surface area contributed by atoms with E-state index in [9.17, 15) is 4.79 Å². The van der Waals surface area contributed by atoms with Crippen LogP contribution in [-0.2, 0) is 0 Å². The lowest BCUT2D eigenvalue weighted by Gasteiger charge is -2.32. The molecule has 1 rings (SSSR count). The number of aromatic nitrogens is 1. The molecule has 0 saturated heterocycles. The average molecular weight is 279 g/mol. The fraction of sp³-hybridized carbons (Fsp3) is 0.600. The Balaban J connectivity index is 2.99. The van der Waals surface area contributed by atoms with Crippen LogP contribution in [0.25, 0.3) is 0 Å². The molecule has 0 spiro atoms. The number of methoxy groups -OCH3 is 1. The summed E-state index contributed by atoms with van der Waals surface area (Å²) in [4.78, 5) is 18.6. The Labute approximate surface area is 121 Å². The Hall–Kier alpha value is -1.62. The lowest BCUT2D eigenvalue weighted by molar-refractivity contribution is 0.0685. The van der Waals surface area contributed by atoms with Gasteiger partial charge in [0.25, 0.3) is 5.91 Å². The summed E-state index contributed by atoms with van der Waals surface area (Å²) in [5, 5.41) is 0. The number of ether oxygens (including phenoxy) is 1. The molecule has 0 bridgehead atoms. The topological polar surface area (TPSA) is 68.5 Å². The van der Waals surface area contributed by atoms with Crippen LogP contribution < -0.4 is 10.5 Å². The van der Waals surface area contributed by atoms with Gasteiger partial charge in [-0.25, -0.2) is 4.98 Å². The molecule has 1 aromatic rings. The molecule has 112 valence electrons. The molecular formula is C15H25N3O2. The van der Waals surface area contributed by atoms with E-state index < -0.39 is 0 Å². The molecule has 0 atom stereocenters. The highest BCUT2D eigenvalue weighted by molar-refractivity contribution is 5.96. The summed E-state index contributed by atoms with van der Waals surface area (Å²) in [5.74, 6) is 0.308.